The maximum Gasteiger partial charge on any atom is 0.163 e. The minimum Gasteiger partial charge on any atom is -0.294 e. The van der Waals surface area contributed by atoms with Gasteiger partial charge in [-0.1, -0.05) is 23.2 Å². The van der Waals surface area contributed by atoms with E-state index in [4.69, 9.17) is 29.6 Å². The molecular weight excluding hydrogens is 219 g/mol. The van der Waals surface area contributed by atoms with Gasteiger partial charge < -0.3 is 0 Å². The molecule has 0 atom stereocenters. The quantitative estimate of drug-likeness (QED) is 0.569. The van der Waals surface area contributed by atoms with E-state index in [-0.39, 0.29) is 5.78 Å². The molecule has 0 saturated carbocycles. The molecule has 0 aliphatic heterocycles. The number of terminal acetylenes is 1. The second-order valence-corrected chi connectivity index (χ2v) is 3.57. The SMILES string of the molecule is C#CCCC(=O)c1ccc(Cl)c(Cl)c1. The van der Waals surface area contributed by atoms with Crippen LogP contribution in [0.2, 0.25) is 10.0 Å². The van der Waals surface area contributed by atoms with Crippen molar-refractivity contribution in [3.63, 3.8) is 0 Å². The summed E-state index contributed by atoms with van der Waals surface area (Å²) < 4.78 is 0. The molecule has 3 heteroatoms. The summed E-state index contributed by atoms with van der Waals surface area (Å²) in [4.78, 5) is 11.5. The van der Waals surface area contributed by atoms with Gasteiger partial charge in [-0.05, 0) is 18.2 Å². The minimum absolute atomic E-state index is 0.0125. The summed E-state index contributed by atoms with van der Waals surface area (Å²) in [5.74, 6) is 2.40. The lowest BCUT2D eigenvalue weighted by Gasteiger charge is -2.00. The number of hydrogen-bond acceptors (Lipinski definition) is 1. The third-order valence-corrected chi connectivity index (χ3v) is 2.48. The summed E-state index contributed by atoms with van der Waals surface area (Å²) in [5, 5.41) is 0.832. The van der Waals surface area contributed by atoms with Crippen molar-refractivity contribution in [1.29, 1.82) is 0 Å². The topological polar surface area (TPSA) is 17.1 Å². The normalized spacial score (nSPS) is 9.50. The van der Waals surface area contributed by atoms with Crippen LogP contribution in [0.25, 0.3) is 0 Å². The van der Waals surface area contributed by atoms with Crippen LogP contribution >= 0.6 is 23.2 Å². The van der Waals surface area contributed by atoms with Gasteiger partial charge in [0.1, 0.15) is 0 Å². The van der Waals surface area contributed by atoms with Crippen molar-refractivity contribution in [2.45, 2.75) is 12.8 Å². The fourth-order valence-corrected chi connectivity index (χ4v) is 1.30. The molecule has 0 unspecified atom stereocenters. The lowest BCUT2D eigenvalue weighted by molar-refractivity contribution is 0.0984. The summed E-state index contributed by atoms with van der Waals surface area (Å²) in [5.41, 5.74) is 0.551. The fraction of sp³-hybridized carbons (Fsp3) is 0.182. The average Bonchev–Trinajstić information content (AvgIpc) is 2.18. The molecule has 0 aliphatic carbocycles. The molecule has 0 spiro atoms. The van der Waals surface area contributed by atoms with Gasteiger partial charge in [-0.3, -0.25) is 4.79 Å². The average molecular weight is 227 g/mol. The molecule has 0 bridgehead atoms. The largest absolute Gasteiger partial charge is 0.294 e. The first-order valence-corrected chi connectivity index (χ1v) is 4.82. The molecule has 1 aromatic carbocycles. The summed E-state index contributed by atoms with van der Waals surface area (Å²) in [6.45, 7) is 0. The van der Waals surface area contributed by atoms with Crippen molar-refractivity contribution in [2.75, 3.05) is 0 Å². The van der Waals surface area contributed by atoms with Crippen molar-refractivity contribution >= 4 is 29.0 Å². The van der Waals surface area contributed by atoms with Gasteiger partial charge in [-0.15, -0.1) is 12.3 Å². The predicted molar refractivity (Wildman–Crippen MR) is 58.9 cm³/mol. The van der Waals surface area contributed by atoms with E-state index in [1.807, 2.05) is 0 Å². The summed E-state index contributed by atoms with van der Waals surface area (Å²) in [7, 11) is 0. The number of rotatable bonds is 3. The molecule has 0 saturated heterocycles. The Hall–Kier alpha value is -0.970. The van der Waals surface area contributed by atoms with Crippen molar-refractivity contribution in [3.05, 3.63) is 33.8 Å². The van der Waals surface area contributed by atoms with Crippen LogP contribution < -0.4 is 0 Å². The van der Waals surface area contributed by atoms with Crippen LogP contribution in [0.15, 0.2) is 18.2 Å². The van der Waals surface area contributed by atoms with Crippen molar-refractivity contribution in [2.24, 2.45) is 0 Å². The molecular formula is C11H8Cl2O. The van der Waals surface area contributed by atoms with Crippen molar-refractivity contribution < 1.29 is 4.79 Å². The van der Waals surface area contributed by atoms with Gasteiger partial charge in [-0.2, -0.15) is 0 Å². The van der Waals surface area contributed by atoms with E-state index in [1.54, 1.807) is 18.2 Å². The first-order chi connectivity index (χ1) is 6.65. The lowest BCUT2D eigenvalue weighted by Crippen LogP contribution is -1.97. The van der Waals surface area contributed by atoms with Gasteiger partial charge in [0.25, 0.3) is 0 Å². The van der Waals surface area contributed by atoms with E-state index in [2.05, 4.69) is 5.92 Å². The Balaban J connectivity index is 2.82. The van der Waals surface area contributed by atoms with Gasteiger partial charge in [0.2, 0.25) is 0 Å². The minimum atomic E-state index is -0.0125. The molecule has 72 valence electrons. The number of ketones is 1. The van der Waals surface area contributed by atoms with Crippen LogP contribution in [0.3, 0.4) is 0 Å². The number of hydrogen-bond donors (Lipinski definition) is 0. The second kappa shape index (κ2) is 5.05. The maximum atomic E-state index is 11.5. The van der Waals surface area contributed by atoms with Crippen LogP contribution in [-0.4, -0.2) is 5.78 Å². The van der Waals surface area contributed by atoms with E-state index in [1.165, 1.54) is 0 Å². The molecule has 1 rings (SSSR count). The number of benzene rings is 1. The summed E-state index contributed by atoms with van der Waals surface area (Å²) in [6, 6.07) is 4.81. The Morgan fingerprint density at radius 3 is 2.64 bits per heavy atom. The summed E-state index contributed by atoms with van der Waals surface area (Å²) >= 11 is 11.5. The molecule has 14 heavy (non-hydrogen) atoms. The molecule has 0 aliphatic rings. The molecule has 0 amide bonds. The third kappa shape index (κ3) is 2.77. The number of carbonyl (C=O) groups excluding carboxylic acids is 1. The predicted octanol–water partition coefficient (Wildman–Crippen LogP) is 3.59. The lowest BCUT2D eigenvalue weighted by atomic mass is 10.1. The number of halogens is 2. The van der Waals surface area contributed by atoms with Gasteiger partial charge in [-0.25, -0.2) is 0 Å². The number of carbonyl (C=O) groups is 1. The number of Topliss-reactive ketones (excluding diaryl/α,β-unsaturated/α-hetero) is 1. The van der Waals surface area contributed by atoms with Crippen molar-refractivity contribution in [1.82, 2.24) is 0 Å². The maximum absolute atomic E-state index is 11.5. The van der Waals surface area contributed by atoms with E-state index >= 15 is 0 Å². The monoisotopic (exact) mass is 226 g/mol. The standard InChI is InChI=1S/C11H8Cl2O/c1-2-3-4-11(14)8-5-6-9(12)10(13)7-8/h1,5-7H,3-4H2. The van der Waals surface area contributed by atoms with Crippen LogP contribution in [0.4, 0.5) is 0 Å². The highest BCUT2D eigenvalue weighted by Gasteiger charge is 2.06. The van der Waals surface area contributed by atoms with E-state index in [9.17, 15) is 4.79 Å². The Morgan fingerprint density at radius 2 is 2.07 bits per heavy atom. The highest BCUT2D eigenvalue weighted by molar-refractivity contribution is 6.42. The Kier molecular flexibility index (Phi) is 4.00. The first-order valence-electron chi connectivity index (χ1n) is 4.07. The Bertz CT molecular complexity index is 391. The third-order valence-electron chi connectivity index (χ3n) is 1.74. The van der Waals surface area contributed by atoms with Gasteiger partial charge in [0, 0.05) is 18.4 Å². The van der Waals surface area contributed by atoms with Gasteiger partial charge >= 0.3 is 0 Å². The van der Waals surface area contributed by atoms with Crippen LogP contribution in [-0.2, 0) is 0 Å². The zero-order valence-electron chi connectivity index (χ0n) is 7.39. The molecule has 0 fully saturated rings. The van der Waals surface area contributed by atoms with Crippen LogP contribution in [0.1, 0.15) is 23.2 Å². The highest BCUT2D eigenvalue weighted by atomic mass is 35.5. The van der Waals surface area contributed by atoms with E-state index < -0.39 is 0 Å². The first kappa shape index (κ1) is 11.1. The molecule has 0 radical (unpaired) electrons. The summed E-state index contributed by atoms with van der Waals surface area (Å²) in [6.07, 6.45) is 5.84. The van der Waals surface area contributed by atoms with Gasteiger partial charge in [0.05, 0.1) is 10.0 Å². The zero-order valence-corrected chi connectivity index (χ0v) is 8.90. The molecule has 1 nitrogen and oxygen atoms in total. The molecule has 0 heterocycles. The highest BCUT2D eigenvalue weighted by Crippen LogP contribution is 2.23. The zero-order chi connectivity index (χ0) is 10.6. The van der Waals surface area contributed by atoms with Crippen LogP contribution in [0, 0.1) is 12.3 Å². The van der Waals surface area contributed by atoms with Crippen LogP contribution in [0.5, 0.6) is 0 Å². The Morgan fingerprint density at radius 1 is 1.36 bits per heavy atom. The molecule has 1 aromatic rings. The fourth-order valence-electron chi connectivity index (χ4n) is 1.000. The van der Waals surface area contributed by atoms with Gasteiger partial charge in [0.15, 0.2) is 5.78 Å². The molecule has 0 N–H and O–H groups in total. The Labute approximate surface area is 93.0 Å². The second-order valence-electron chi connectivity index (χ2n) is 2.76. The van der Waals surface area contributed by atoms with Crippen molar-refractivity contribution in [3.8, 4) is 12.3 Å². The van der Waals surface area contributed by atoms with E-state index in [0.717, 1.165) is 0 Å². The smallest absolute Gasteiger partial charge is 0.163 e. The van der Waals surface area contributed by atoms with E-state index in [0.29, 0.717) is 28.5 Å². The molecule has 0 aromatic heterocycles.